The van der Waals surface area contributed by atoms with E-state index in [9.17, 15) is 24.3 Å². The number of hydrogen-bond acceptors (Lipinski definition) is 5. The molecule has 3 aliphatic carbocycles. The largest absolute Gasteiger partial charge is 0.480 e. The normalized spacial score (nSPS) is 40.5. The molecule has 2 heterocycles. The first-order valence-electron chi connectivity index (χ1n) is 11.2. The SMILES string of the molecule is CC(=O)NCC[C@H](NC(=O)CC[C@]1(C)C(=O)C=C[C@]23CC4C[C@H](O[C@]4(C)C2)C31)C(=O)O. The Balaban J connectivity index is 1.42. The number of carbonyl (C=O) groups excluding carboxylic acids is 3. The first kappa shape index (κ1) is 22.0. The lowest BCUT2D eigenvalue weighted by molar-refractivity contribution is -0.169. The molecule has 5 aliphatic rings. The molecule has 2 unspecified atom stereocenters. The minimum atomic E-state index is -1.15. The van der Waals surface area contributed by atoms with E-state index in [1.54, 1.807) is 6.08 Å². The van der Waals surface area contributed by atoms with E-state index in [1.165, 1.54) is 6.92 Å². The van der Waals surface area contributed by atoms with E-state index in [4.69, 9.17) is 4.74 Å². The molecule has 0 aromatic heterocycles. The number of ketones is 1. The highest BCUT2D eigenvalue weighted by Gasteiger charge is 2.71. The van der Waals surface area contributed by atoms with E-state index in [0.717, 1.165) is 19.3 Å². The van der Waals surface area contributed by atoms with Crippen LogP contribution in [0.5, 0.6) is 0 Å². The van der Waals surface area contributed by atoms with Crippen molar-refractivity contribution in [3.8, 4) is 0 Å². The molecule has 3 N–H and O–H groups in total. The van der Waals surface area contributed by atoms with Crippen molar-refractivity contribution in [2.75, 3.05) is 6.54 Å². The van der Waals surface area contributed by atoms with Gasteiger partial charge in [0.1, 0.15) is 6.04 Å². The summed E-state index contributed by atoms with van der Waals surface area (Å²) in [6.45, 7) is 5.65. The van der Waals surface area contributed by atoms with E-state index in [1.807, 2.05) is 6.92 Å². The summed E-state index contributed by atoms with van der Waals surface area (Å²) in [4.78, 5) is 48.1. The Morgan fingerprint density at radius 1 is 1.32 bits per heavy atom. The highest BCUT2D eigenvalue weighted by Crippen LogP contribution is 2.71. The van der Waals surface area contributed by atoms with Crippen molar-refractivity contribution in [1.29, 1.82) is 0 Å². The van der Waals surface area contributed by atoms with Crippen molar-refractivity contribution in [3.05, 3.63) is 12.2 Å². The van der Waals surface area contributed by atoms with E-state index in [2.05, 4.69) is 23.6 Å². The molecule has 7 atom stereocenters. The Morgan fingerprint density at radius 3 is 2.71 bits per heavy atom. The van der Waals surface area contributed by atoms with Gasteiger partial charge in [0.15, 0.2) is 5.78 Å². The summed E-state index contributed by atoms with van der Waals surface area (Å²) in [7, 11) is 0. The average molecular weight is 433 g/mol. The van der Waals surface area contributed by atoms with Crippen molar-refractivity contribution in [1.82, 2.24) is 10.6 Å². The predicted molar refractivity (Wildman–Crippen MR) is 111 cm³/mol. The molecule has 0 aromatic carbocycles. The maximum absolute atomic E-state index is 13.0. The van der Waals surface area contributed by atoms with Crippen LogP contribution >= 0.6 is 0 Å². The molecule has 8 heteroatoms. The van der Waals surface area contributed by atoms with Crippen LogP contribution in [0, 0.1) is 22.7 Å². The highest BCUT2D eigenvalue weighted by atomic mass is 16.5. The van der Waals surface area contributed by atoms with E-state index in [-0.39, 0.29) is 54.1 Å². The Kier molecular flexibility index (Phi) is 5.27. The van der Waals surface area contributed by atoms with Gasteiger partial charge >= 0.3 is 5.97 Å². The van der Waals surface area contributed by atoms with Gasteiger partial charge in [-0.05, 0) is 56.4 Å². The number of rotatable bonds is 8. The standard InChI is InChI=1S/C23H32N2O6/c1-13(26)24-9-6-15(20(29)30)25-18(28)5-7-21(2)17(27)4-8-23-11-14-10-16(19(21)23)31-22(14,3)12-23/h4,8,14-16,19H,5-7,9-12H2,1-3H3,(H,24,26)(H,25,28)(H,29,30)/t14?,15-,16-,19?,21+,22+,23-/m0/s1. The second-order valence-corrected chi connectivity index (χ2v) is 10.3. The van der Waals surface area contributed by atoms with Gasteiger partial charge < -0.3 is 20.5 Å². The topological polar surface area (TPSA) is 122 Å². The molecule has 4 fully saturated rings. The number of hydrogen-bond donors (Lipinski definition) is 3. The van der Waals surface area contributed by atoms with Crippen LogP contribution in [0.4, 0.5) is 0 Å². The Labute approximate surface area is 182 Å². The second-order valence-electron chi connectivity index (χ2n) is 10.3. The van der Waals surface area contributed by atoms with Gasteiger partial charge in [0.05, 0.1) is 11.7 Å². The first-order valence-corrected chi connectivity index (χ1v) is 11.2. The molecule has 170 valence electrons. The van der Waals surface area contributed by atoms with Gasteiger partial charge in [0, 0.05) is 31.2 Å². The van der Waals surface area contributed by atoms with Crippen LogP contribution < -0.4 is 10.6 Å². The van der Waals surface area contributed by atoms with Crippen molar-refractivity contribution in [3.63, 3.8) is 0 Å². The van der Waals surface area contributed by atoms with Crippen molar-refractivity contribution < 1.29 is 29.0 Å². The third kappa shape index (κ3) is 3.58. The fourth-order valence-corrected chi connectivity index (χ4v) is 6.93. The lowest BCUT2D eigenvalue weighted by Gasteiger charge is -2.55. The van der Waals surface area contributed by atoms with Crippen molar-refractivity contribution >= 4 is 23.6 Å². The summed E-state index contributed by atoms with van der Waals surface area (Å²) in [6, 6.07) is -1.08. The number of nitrogens with one attached hydrogen (secondary N) is 2. The summed E-state index contributed by atoms with van der Waals surface area (Å²) in [6.07, 6.45) is 7.28. The molecule has 31 heavy (non-hydrogen) atoms. The zero-order valence-corrected chi connectivity index (χ0v) is 18.4. The molecular formula is C23H32N2O6. The highest BCUT2D eigenvalue weighted by molar-refractivity contribution is 5.96. The van der Waals surface area contributed by atoms with Crippen LogP contribution in [0.15, 0.2) is 12.2 Å². The second kappa shape index (κ2) is 7.43. The summed E-state index contributed by atoms with van der Waals surface area (Å²) < 4.78 is 6.41. The lowest BCUT2D eigenvalue weighted by Crippen LogP contribution is -2.56. The summed E-state index contributed by atoms with van der Waals surface area (Å²) >= 11 is 0. The van der Waals surface area contributed by atoms with Crippen LogP contribution in [-0.4, -0.2) is 53.0 Å². The number of carbonyl (C=O) groups is 4. The minimum absolute atomic E-state index is 0.0268. The van der Waals surface area contributed by atoms with E-state index >= 15 is 0 Å². The molecule has 8 nitrogen and oxygen atoms in total. The van der Waals surface area contributed by atoms with Gasteiger partial charge in [0.2, 0.25) is 11.8 Å². The Hall–Kier alpha value is -2.22. The average Bonchev–Trinajstić information content (AvgIpc) is 3.04. The molecule has 2 amide bonds. The van der Waals surface area contributed by atoms with Gasteiger partial charge in [-0.2, -0.15) is 0 Å². The fraction of sp³-hybridized carbons (Fsp3) is 0.739. The maximum Gasteiger partial charge on any atom is 0.326 e. The molecule has 1 spiro atoms. The summed E-state index contributed by atoms with van der Waals surface area (Å²) in [5.74, 6) is -1.19. The number of carboxylic acids is 1. The van der Waals surface area contributed by atoms with Gasteiger partial charge in [-0.25, -0.2) is 4.79 Å². The number of carboxylic acid groups (broad SMARTS) is 1. The van der Waals surface area contributed by atoms with Gasteiger partial charge in [0.25, 0.3) is 0 Å². The first-order chi connectivity index (χ1) is 14.5. The van der Waals surface area contributed by atoms with Gasteiger partial charge in [-0.15, -0.1) is 0 Å². The van der Waals surface area contributed by atoms with Crippen LogP contribution in [0.25, 0.3) is 0 Å². The summed E-state index contributed by atoms with van der Waals surface area (Å²) in [5.41, 5.74) is -0.850. The van der Waals surface area contributed by atoms with Gasteiger partial charge in [-0.1, -0.05) is 13.0 Å². The van der Waals surface area contributed by atoms with Crippen LogP contribution in [0.2, 0.25) is 0 Å². The van der Waals surface area contributed by atoms with Crippen LogP contribution in [-0.2, 0) is 23.9 Å². The fourth-order valence-electron chi connectivity index (χ4n) is 6.93. The maximum atomic E-state index is 13.0. The number of aliphatic carboxylic acids is 1. The van der Waals surface area contributed by atoms with E-state index < -0.39 is 23.3 Å². The molecule has 2 aliphatic heterocycles. The number of allylic oxidation sites excluding steroid dienone is 2. The minimum Gasteiger partial charge on any atom is -0.480 e. The molecule has 5 rings (SSSR count). The monoisotopic (exact) mass is 432 g/mol. The van der Waals surface area contributed by atoms with Crippen molar-refractivity contribution in [2.45, 2.75) is 77.0 Å². The lowest BCUT2D eigenvalue weighted by atomic mass is 9.51. The van der Waals surface area contributed by atoms with Crippen LogP contribution in [0.3, 0.4) is 0 Å². The Morgan fingerprint density at radius 2 is 2.06 bits per heavy atom. The molecule has 2 saturated carbocycles. The molecule has 2 saturated heterocycles. The van der Waals surface area contributed by atoms with Gasteiger partial charge in [-0.3, -0.25) is 14.4 Å². The molecular weight excluding hydrogens is 400 g/mol. The third-order valence-electron chi connectivity index (χ3n) is 8.23. The predicted octanol–water partition coefficient (Wildman–Crippen LogP) is 1.58. The molecule has 0 aromatic rings. The number of ether oxygens (including phenoxy) is 1. The van der Waals surface area contributed by atoms with E-state index in [0.29, 0.717) is 12.3 Å². The Bertz CT molecular complexity index is 855. The quantitative estimate of drug-likeness (QED) is 0.535. The van der Waals surface area contributed by atoms with Crippen LogP contribution in [0.1, 0.15) is 59.3 Å². The molecule has 4 bridgehead atoms. The zero-order chi connectivity index (χ0) is 22.6. The smallest absolute Gasteiger partial charge is 0.326 e. The zero-order valence-electron chi connectivity index (χ0n) is 18.4. The molecule has 0 radical (unpaired) electrons. The van der Waals surface area contributed by atoms with Crippen molar-refractivity contribution in [2.24, 2.45) is 22.7 Å². The third-order valence-corrected chi connectivity index (χ3v) is 8.23. The number of amides is 2. The summed E-state index contributed by atoms with van der Waals surface area (Å²) in [5, 5.41) is 14.5.